The van der Waals surface area contributed by atoms with Gasteiger partial charge in [-0.25, -0.2) is 4.98 Å². The SMILES string of the molecule is NC(Cc1cnc[nH]1)C(=O)N1CCCC1C(=O)NC(Cc1c[nH]c2ccccc12)C(=O)NCC(=O)O. The van der Waals surface area contributed by atoms with Crippen molar-refractivity contribution in [1.82, 2.24) is 30.5 Å². The highest BCUT2D eigenvalue weighted by atomic mass is 16.4. The van der Waals surface area contributed by atoms with Crippen LogP contribution in [0.1, 0.15) is 24.1 Å². The van der Waals surface area contributed by atoms with E-state index in [1.54, 1.807) is 12.4 Å². The highest BCUT2D eigenvalue weighted by Crippen LogP contribution is 2.21. The number of rotatable bonds is 10. The third kappa shape index (κ3) is 5.71. The summed E-state index contributed by atoms with van der Waals surface area (Å²) < 4.78 is 0. The minimum atomic E-state index is -1.20. The van der Waals surface area contributed by atoms with Gasteiger partial charge in [-0.15, -0.1) is 0 Å². The van der Waals surface area contributed by atoms with Crippen molar-refractivity contribution in [1.29, 1.82) is 0 Å². The predicted molar refractivity (Wildman–Crippen MR) is 130 cm³/mol. The highest BCUT2D eigenvalue weighted by Gasteiger charge is 2.37. The number of amides is 3. The number of benzene rings is 1. The Labute approximate surface area is 206 Å². The van der Waals surface area contributed by atoms with Crippen LogP contribution in [0.15, 0.2) is 43.0 Å². The molecule has 3 amide bonds. The minimum absolute atomic E-state index is 0.140. The Kier molecular flexibility index (Phi) is 7.64. The number of hydrogen-bond acceptors (Lipinski definition) is 6. The van der Waals surface area contributed by atoms with Crippen LogP contribution < -0.4 is 16.4 Å². The first-order chi connectivity index (χ1) is 17.3. The second-order valence-corrected chi connectivity index (χ2v) is 8.81. The number of nitrogens with two attached hydrogens (primary N) is 1. The molecule has 0 saturated carbocycles. The lowest BCUT2D eigenvalue weighted by Crippen LogP contribution is -2.56. The van der Waals surface area contributed by atoms with Gasteiger partial charge in [0.2, 0.25) is 17.7 Å². The second kappa shape index (κ2) is 11.0. The van der Waals surface area contributed by atoms with Crippen LogP contribution in [0, 0.1) is 0 Å². The molecule has 0 aliphatic carbocycles. The number of nitrogens with zero attached hydrogens (tertiary/aromatic N) is 2. The first-order valence-electron chi connectivity index (χ1n) is 11.7. The molecule has 3 unspecified atom stereocenters. The Morgan fingerprint density at radius 1 is 1.19 bits per heavy atom. The van der Waals surface area contributed by atoms with Gasteiger partial charge in [0.05, 0.1) is 12.4 Å². The molecule has 190 valence electrons. The number of aliphatic carboxylic acids is 1. The number of H-pyrrole nitrogens is 2. The van der Waals surface area contributed by atoms with Crippen LogP contribution in [0.3, 0.4) is 0 Å². The number of carboxylic acids is 1. The molecule has 12 heteroatoms. The largest absolute Gasteiger partial charge is 0.480 e. The molecule has 0 bridgehead atoms. The Morgan fingerprint density at radius 2 is 2.00 bits per heavy atom. The standard InChI is InChI=1S/C24H29N7O5/c25-17(9-15-11-26-13-29-15)24(36)31-7-3-6-20(31)23(35)30-19(22(34)28-12-21(32)33)8-14-10-27-18-5-2-1-4-16(14)18/h1-2,4-5,10-11,13,17,19-20,27H,3,6-9,12,25H2,(H,26,29)(H,28,34)(H,30,35)(H,32,33). The third-order valence-electron chi connectivity index (χ3n) is 6.30. The van der Waals surface area contributed by atoms with Crippen LogP contribution in [0.2, 0.25) is 0 Å². The summed E-state index contributed by atoms with van der Waals surface area (Å²) in [4.78, 5) is 61.5. The quantitative estimate of drug-likeness (QED) is 0.222. The Morgan fingerprint density at radius 3 is 2.75 bits per heavy atom. The summed E-state index contributed by atoms with van der Waals surface area (Å²) >= 11 is 0. The van der Waals surface area contributed by atoms with Gasteiger partial charge in [0, 0.05) is 48.4 Å². The first kappa shape index (κ1) is 24.9. The molecule has 12 nitrogen and oxygen atoms in total. The summed E-state index contributed by atoms with van der Waals surface area (Å²) in [7, 11) is 0. The smallest absolute Gasteiger partial charge is 0.322 e. The van der Waals surface area contributed by atoms with Crippen LogP contribution in [-0.4, -0.2) is 79.9 Å². The number of aromatic nitrogens is 3. The first-order valence-corrected chi connectivity index (χ1v) is 11.7. The number of hydrogen-bond donors (Lipinski definition) is 6. The summed E-state index contributed by atoms with van der Waals surface area (Å²) in [5, 5.41) is 14.9. The van der Waals surface area contributed by atoms with Gasteiger partial charge < -0.3 is 36.3 Å². The number of aromatic amines is 2. The summed E-state index contributed by atoms with van der Waals surface area (Å²) in [5.41, 5.74) is 8.50. The van der Waals surface area contributed by atoms with Gasteiger partial charge in [0.1, 0.15) is 18.6 Å². The van der Waals surface area contributed by atoms with E-state index in [-0.39, 0.29) is 18.7 Å². The Bertz CT molecular complexity index is 1240. The molecule has 1 saturated heterocycles. The van der Waals surface area contributed by atoms with Gasteiger partial charge in [-0.1, -0.05) is 18.2 Å². The molecular weight excluding hydrogens is 466 g/mol. The Hall–Kier alpha value is -4.19. The van der Waals surface area contributed by atoms with Crippen molar-refractivity contribution in [3.63, 3.8) is 0 Å². The maximum Gasteiger partial charge on any atom is 0.322 e. The molecule has 0 spiro atoms. The molecule has 7 N–H and O–H groups in total. The number of imidazole rings is 1. The third-order valence-corrected chi connectivity index (χ3v) is 6.30. The van der Waals surface area contributed by atoms with E-state index in [0.29, 0.717) is 25.1 Å². The van der Waals surface area contributed by atoms with E-state index >= 15 is 0 Å². The van der Waals surface area contributed by atoms with Crippen molar-refractivity contribution in [2.45, 2.75) is 43.8 Å². The maximum absolute atomic E-state index is 13.3. The average molecular weight is 496 g/mol. The van der Waals surface area contributed by atoms with Crippen molar-refractivity contribution in [2.75, 3.05) is 13.1 Å². The molecule has 2 aromatic heterocycles. The lowest BCUT2D eigenvalue weighted by molar-refractivity contribution is -0.141. The van der Waals surface area contributed by atoms with Gasteiger partial charge in [0.15, 0.2) is 0 Å². The predicted octanol–water partition coefficient (Wildman–Crippen LogP) is -0.320. The molecule has 4 rings (SSSR count). The fourth-order valence-electron chi connectivity index (χ4n) is 4.52. The van der Waals surface area contributed by atoms with E-state index < -0.39 is 42.5 Å². The average Bonchev–Trinajstić information content (AvgIpc) is 3.63. The zero-order valence-corrected chi connectivity index (χ0v) is 19.6. The van der Waals surface area contributed by atoms with Crippen molar-refractivity contribution in [3.05, 3.63) is 54.2 Å². The fourth-order valence-corrected chi connectivity index (χ4v) is 4.52. The molecule has 1 aromatic carbocycles. The van der Waals surface area contributed by atoms with Gasteiger partial charge in [-0.05, 0) is 24.5 Å². The molecule has 1 aliphatic heterocycles. The molecule has 1 aliphatic rings. The lowest BCUT2D eigenvalue weighted by atomic mass is 10.0. The number of likely N-dealkylation sites (tertiary alicyclic amines) is 1. The molecule has 3 heterocycles. The number of fused-ring (bicyclic) bond motifs is 1. The van der Waals surface area contributed by atoms with E-state index in [1.807, 2.05) is 24.3 Å². The van der Waals surface area contributed by atoms with Crippen molar-refractivity contribution >= 4 is 34.6 Å². The second-order valence-electron chi connectivity index (χ2n) is 8.81. The Balaban J connectivity index is 1.48. The van der Waals surface area contributed by atoms with Gasteiger partial charge in [0.25, 0.3) is 0 Å². The maximum atomic E-state index is 13.3. The molecule has 0 radical (unpaired) electrons. The molecule has 36 heavy (non-hydrogen) atoms. The van der Waals surface area contributed by atoms with Gasteiger partial charge in [-0.2, -0.15) is 0 Å². The van der Waals surface area contributed by atoms with Crippen molar-refractivity contribution in [2.24, 2.45) is 5.73 Å². The van der Waals surface area contributed by atoms with Gasteiger partial charge >= 0.3 is 5.97 Å². The van der Waals surface area contributed by atoms with E-state index in [4.69, 9.17) is 10.8 Å². The zero-order chi connectivity index (χ0) is 25.7. The lowest BCUT2D eigenvalue weighted by Gasteiger charge is -2.28. The van der Waals surface area contributed by atoms with E-state index in [9.17, 15) is 19.2 Å². The fraction of sp³-hybridized carbons (Fsp3) is 0.375. The molecule has 3 aromatic rings. The topological polar surface area (TPSA) is 186 Å². The summed E-state index contributed by atoms with van der Waals surface area (Å²) in [6.45, 7) is -0.193. The van der Waals surface area contributed by atoms with Crippen LogP contribution in [0.25, 0.3) is 10.9 Å². The summed E-state index contributed by atoms with van der Waals surface area (Å²) in [6, 6.07) is 4.88. The van der Waals surface area contributed by atoms with Crippen LogP contribution in [-0.2, 0) is 32.0 Å². The molecule has 1 fully saturated rings. The highest BCUT2D eigenvalue weighted by molar-refractivity contribution is 5.94. The van der Waals surface area contributed by atoms with Crippen molar-refractivity contribution in [3.8, 4) is 0 Å². The number of carbonyl (C=O) groups excluding carboxylic acids is 3. The zero-order valence-electron chi connectivity index (χ0n) is 19.6. The summed E-state index contributed by atoms with van der Waals surface area (Å²) in [6.07, 6.45) is 6.30. The van der Waals surface area contributed by atoms with Gasteiger partial charge in [-0.3, -0.25) is 19.2 Å². The number of carbonyl (C=O) groups is 4. The van der Waals surface area contributed by atoms with Crippen LogP contribution in [0.4, 0.5) is 0 Å². The van der Waals surface area contributed by atoms with Crippen molar-refractivity contribution < 1.29 is 24.3 Å². The minimum Gasteiger partial charge on any atom is -0.480 e. The normalized spacial score (nSPS) is 17.0. The number of para-hydroxylation sites is 1. The number of carboxylic acid groups (broad SMARTS) is 1. The van der Waals surface area contributed by atoms with E-state index in [2.05, 4.69) is 25.6 Å². The van der Waals surface area contributed by atoms with Crippen LogP contribution in [0.5, 0.6) is 0 Å². The summed E-state index contributed by atoms with van der Waals surface area (Å²) in [5.74, 6) is -2.65. The molecule has 3 atom stereocenters. The number of nitrogens with one attached hydrogen (secondary N) is 4. The van der Waals surface area contributed by atoms with Crippen LogP contribution >= 0.6 is 0 Å². The van der Waals surface area contributed by atoms with E-state index in [1.165, 1.54) is 11.2 Å². The molecular formula is C24H29N7O5. The van der Waals surface area contributed by atoms with E-state index in [0.717, 1.165) is 16.5 Å². The monoisotopic (exact) mass is 495 g/mol.